The second kappa shape index (κ2) is 7.26. The number of halogens is 5. The van der Waals surface area contributed by atoms with Gasteiger partial charge >= 0.3 is 12.1 Å². The van der Waals surface area contributed by atoms with Crippen molar-refractivity contribution < 1.29 is 33.2 Å². The molecule has 0 saturated heterocycles. The van der Waals surface area contributed by atoms with E-state index in [0.717, 1.165) is 23.6 Å². The summed E-state index contributed by atoms with van der Waals surface area (Å²) < 4.78 is 41.3. The first-order valence-electron chi connectivity index (χ1n) is 7.08. The summed E-state index contributed by atoms with van der Waals surface area (Å²) in [7, 11) is 0. The van der Waals surface area contributed by atoms with Gasteiger partial charge in [0.1, 0.15) is 18.2 Å². The molecule has 0 aliphatic carbocycles. The summed E-state index contributed by atoms with van der Waals surface area (Å²) in [6.07, 6.45) is -4.53. The Kier molecular flexibility index (Phi) is 5.64. The zero-order valence-corrected chi connectivity index (χ0v) is 14.7. The molecule has 1 aromatic rings. The zero-order chi connectivity index (χ0) is 19.7. The number of benzene rings is 1. The van der Waals surface area contributed by atoms with Gasteiger partial charge in [0.15, 0.2) is 0 Å². The molecule has 0 bridgehead atoms. The van der Waals surface area contributed by atoms with Crippen LogP contribution in [0.4, 0.5) is 13.2 Å². The standard InChI is InChI=1S/C15H12Cl2F3N3O3/c1-7(21)11(13(24)25)6-22-12-5-14(26-23-12,15(18,19)20)8-2-9(16)4-10(17)3-8/h2-4,6,21H,5H2,1H3,(H,22,23)(H,24,25)/p+1. The van der Waals surface area contributed by atoms with Crippen molar-refractivity contribution in [2.45, 2.75) is 25.1 Å². The highest BCUT2D eigenvalue weighted by Crippen LogP contribution is 2.48. The first-order valence-corrected chi connectivity index (χ1v) is 7.84. The number of nitrogens with zero attached hydrogens (tertiary/aromatic N) is 1. The van der Waals surface area contributed by atoms with E-state index >= 15 is 0 Å². The molecule has 0 amide bonds. The van der Waals surface area contributed by atoms with Gasteiger partial charge in [-0.15, -0.1) is 0 Å². The van der Waals surface area contributed by atoms with Crippen LogP contribution < -0.4 is 5.32 Å². The fraction of sp³-hybridized carbons (Fsp3) is 0.267. The van der Waals surface area contributed by atoms with Gasteiger partial charge < -0.3 is 15.4 Å². The van der Waals surface area contributed by atoms with E-state index in [4.69, 9.17) is 38.6 Å². The average Bonchev–Trinajstić information content (AvgIpc) is 2.91. The van der Waals surface area contributed by atoms with E-state index < -0.39 is 24.2 Å². The van der Waals surface area contributed by atoms with E-state index in [2.05, 4.69) is 5.16 Å². The van der Waals surface area contributed by atoms with Crippen LogP contribution in [0.5, 0.6) is 0 Å². The highest BCUT2D eigenvalue weighted by atomic mass is 35.5. The molecule has 1 aliphatic heterocycles. The van der Waals surface area contributed by atoms with Crippen LogP contribution in [0.2, 0.25) is 10.0 Å². The van der Waals surface area contributed by atoms with Crippen LogP contribution in [0.1, 0.15) is 18.9 Å². The lowest BCUT2D eigenvalue weighted by Gasteiger charge is -2.28. The molecular formula is C15H13Cl2F3N3O3+. The highest BCUT2D eigenvalue weighted by Gasteiger charge is 2.63. The number of nitrogens with one attached hydrogen (secondary N) is 1. The number of hydrogen-bond acceptors (Lipinski definition) is 4. The third-order valence-corrected chi connectivity index (χ3v) is 4.05. The number of aliphatic carboxylic acids is 1. The molecule has 1 aromatic carbocycles. The number of hydrogen-bond donors (Lipinski definition) is 3. The molecule has 0 spiro atoms. The summed E-state index contributed by atoms with van der Waals surface area (Å²) in [5, 5.41) is 20.9. The monoisotopic (exact) mass is 410 g/mol. The smallest absolute Gasteiger partial charge is 0.436 e. The molecule has 1 aliphatic rings. The minimum absolute atomic E-state index is 0.00430. The number of carbonyl (C=O) groups is 1. The molecule has 0 radical (unpaired) electrons. The lowest BCUT2D eigenvalue weighted by atomic mass is 9.89. The third kappa shape index (κ3) is 4.00. The number of amidine groups is 1. The largest absolute Gasteiger partial charge is 0.477 e. The quantitative estimate of drug-likeness (QED) is 0.525. The van der Waals surface area contributed by atoms with E-state index in [1.807, 2.05) is 0 Å². The van der Waals surface area contributed by atoms with E-state index in [9.17, 15) is 18.0 Å². The molecule has 0 fully saturated rings. The number of rotatable bonds is 4. The molecule has 140 valence electrons. The van der Waals surface area contributed by atoms with Crippen LogP contribution in [0.25, 0.3) is 0 Å². The molecule has 26 heavy (non-hydrogen) atoms. The highest BCUT2D eigenvalue weighted by molar-refractivity contribution is 6.34. The van der Waals surface area contributed by atoms with Crippen molar-refractivity contribution >= 4 is 40.7 Å². The van der Waals surface area contributed by atoms with Gasteiger partial charge in [0.2, 0.25) is 5.84 Å². The molecule has 1 unspecified atom stereocenters. The third-order valence-electron chi connectivity index (χ3n) is 3.61. The van der Waals surface area contributed by atoms with Crippen LogP contribution in [0.3, 0.4) is 0 Å². The molecule has 0 saturated carbocycles. The Morgan fingerprint density at radius 3 is 2.42 bits per heavy atom. The van der Waals surface area contributed by atoms with Crippen molar-refractivity contribution in [1.82, 2.24) is 0 Å². The lowest BCUT2D eigenvalue weighted by molar-refractivity contribution is -0.465. The summed E-state index contributed by atoms with van der Waals surface area (Å²) >= 11 is 11.6. The zero-order valence-electron chi connectivity index (χ0n) is 13.2. The summed E-state index contributed by atoms with van der Waals surface area (Å²) in [5.74, 6) is -1.52. The first-order chi connectivity index (χ1) is 12.0. The maximum absolute atomic E-state index is 13.8. The van der Waals surface area contributed by atoms with Gasteiger partial charge in [-0.05, 0) is 30.3 Å². The van der Waals surface area contributed by atoms with E-state index in [1.54, 1.807) is 0 Å². The van der Waals surface area contributed by atoms with Crippen molar-refractivity contribution in [2.24, 2.45) is 5.16 Å². The van der Waals surface area contributed by atoms with E-state index in [1.165, 1.54) is 13.0 Å². The molecule has 2 rings (SSSR count). The second-order valence-electron chi connectivity index (χ2n) is 5.51. The van der Waals surface area contributed by atoms with E-state index in [-0.39, 0.29) is 32.7 Å². The molecule has 6 nitrogen and oxygen atoms in total. The van der Waals surface area contributed by atoms with Crippen LogP contribution in [0.15, 0.2) is 35.1 Å². The van der Waals surface area contributed by atoms with Gasteiger partial charge in [-0.3, -0.25) is 5.32 Å². The van der Waals surface area contributed by atoms with Gasteiger partial charge in [-0.1, -0.05) is 23.2 Å². The number of nitrogens with two attached hydrogens (primary N) is 1. The summed E-state index contributed by atoms with van der Waals surface area (Å²) in [4.78, 5) is 15.8. The van der Waals surface area contributed by atoms with Crippen molar-refractivity contribution in [3.63, 3.8) is 0 Å². The summed E-state index contributed by atoms with van der Waals surface area (Å²) in [6.45, 7) is 1.24. The Hall–Kier alpha value is -2.10. The number of carboxylic acid groups (broad SMARTS) is 1. The molecule has 1 heterocycles. The van der Waals surface area contributed by atoms with Crippen LogP contribution in [0, 0.1) is 5.41 Å². The second-order valence-corrected chi connectivity index (χ2v) is 6.38. The number of carboxylic acids is 1. The minimum atomic E-state index is -4.84. The molecule has 1 atom stereocenters. The topological polar surface area (TPSA) is 99.4 Å². The van der Waals surface area contributed by atoms with Gasteiger partial charge in [-0.25, -0.2) is 4.79 Å². The molecule has 11 heteroatoms. The average molecular weight is 411 g/mol. The Labute approximate surface area is 155 Å². The Balaban J connectivity index is 2.35. The molecule has 0 aromatic heterocycles. The Morgan fingerprint density at radius 1 is 1.38 bits per heavy atom. The van der Waals surface area contributed by atoms with Gasteiger partial charge in [0, 0.05) is 21.3 Å². The number of alkyl halides is 3. The fourth-order valence-electron chi connectivity index (χ4n) is 2.34. The maximum Gasteiger partial charge on any atom is 0.436 e. The SMILES string of the molecule is CC(=N)C(=C[NH2+]C1=NOC(c2cc(Cl)cc(Cl)c2)(C(F)(F)F)C1)C(=O)O. The minimum Gasteiger partial charge on any atom is -0.477 e. The maximum atomic E-state index is 13.8. The van der Waals surface area contributed by atoms with Gasteiger partial charge in [0.25, 0.3) is 5.60 Å². The molecular weight excluding hydrogens is 398 g/mol. The van der Waals surface area contributed by atoms with Crippen molar-refractivity contribution in [3.8, 4) is 0 Å². The van der Waals surface area contributed by atoms with Crippen LogP contribution in [-0.2, 0) is 15.2 Å². The van der Waals surface area contributed by atoms with Crippen molar-refractivity contribution in [1.29, 1.82) is 5.41 Å². The lowest BCUT2D eigenvalue weighted by Crippen LogP contribution is -2.83. The first kappa shape index (κ1) is 20.2. The molecule has 4 N–H and O–H groups in total. The predicted molar refractivity (Wildman–Crippen MR) is 88.4 cm³/mol. The summed E-state index contributed by atoms with van der Waals surface area (Å²) in [5.41, 5.74) is -3.73. The van der Waals surface area contributed by atoms with Crippen molar-refractivity contribution in [2.75, 3.05) is 0 Å². The Bertz CT molecular complexity index is 788. The van der Waals surface area contributed by atoms with Crippen LogP contribution in [-0.4, -0.2) is 28.8 Å². The van der Waals surface area contributed by atoms with Crippen molar-refractivity contribution in [3.05, 3.63) is 45.6 Å². The summed E-state index contributed by atoms with van der Waals surface area (Å²) in [6, 6.07) is 3.45. The fourth-order valence-corrected chi connectivity index (χ4v) is 2.87. The predicted octanol–water partition coefficient (Wildman–Crippen LogP) is 3.06. The van der Waals surface area contributed by atoms with E-state index in [0.29, 0.717) is 0 Å². The number of oxime groups is 1. The van der Waals surface area contributed by atoms with Crippen LogP contribution >= 0.6 is 23.2 Å². The normalized spacial score (nSPS) is 20.5. The van der Waals surface area contributed by atoms with Gasteiger partial charge in [0.05, 0.1) is 0 Å². The number of quaternary nitrogens is 1. The van der Waals surface area contributed by atoms with Gasteiger partial charge in [-0.2, -0.15) is 13.2 Å². The Morgan fingerprint density at radius 2 is 1.96 bits per heavy atom.